The number of aliphatic hydroxyl groups excluding tert-OH is 1. The highest BCUT2D eigenvalue weighted by Gasteiger charge is 2.13. The zero-order valence-corrected chi connectivity index (χ0v) is 8.75. The third kappa shape index (κ3) is 6.58. The Balaban J connectivity index is 3.60. The van der Waals surface area contributed by atoms with Crippen molar-refractivity contribution in [1.82, 2.24) is 0 Å². The summed E-state index contributed by atoms with van der Waals surface area (Å²) in [6.07, 6.45) is 1.28. The number of esters is 1. The minimum Gasteiger partial charge on any atom is -0.466 e. The van der Waals surface area contributed by atoms with Crippen molar-refractivity contribution in [3.63, 3.8) is 0 Å². The second-order valence-electron chi connectivity index (χ2n) is 3.41. The molecule has 0 aliphatic rings. The standard InChI is InChI=1S/C10H20O3/c1-4-8(3)6-9(11)7-10(12)13-5-2/h8-9,11H,4-7H2,1-3H3. The van der Waals surface area contributed by atoms with Crippen molar-refractivity contribution in [3.8, 4) is 0 Å². The van der Waals surface area contributed by atoms with Crippen LogP contribution in [0.4, 0.5) is 0 Å². The summed E-state index contributed by atoms with van der Waals surface area (Å²) in [5.74, 6) is 0.155. The Labute approximate surface area is 80.1 Å². The van der Waals surface area contributed by atoms with Crippen molar-refractivity contribution in [2.24, 2.45) is 5.92 Å². The van der Waals surface area contributed by atoms with Crippen molar-refractivity contribution in [2.75, 3.05) is 6.61 Å². The smallest absolute Gasteiger partial charge is 0.308 e. The molecule has 0 aromatic carbocycles. The molecule has 1 N–H and O–H groups in total. The van der Waals surface area contributed by atoms with Gasteiger partial charge in [-0.1, -0.05) is 20.3 Å². The van der Waals surface area contributed by atoms with Gasteiger partial charge in [-0.2, -0.15) is 0 Å². The average molecular weight is 188 g/mol. The Morgan fingerprint density at radius 1 is 1.46 bits per heavy atom. The molecule has 3 heteroatoms. The second-order valence-corrected chi connectivity index (χ2v) is 3.41. The van der Waals surface area contributed by atoms with Crippen LogP contribution in [0.5, 0.6) is 0 Å². The van der Waals surface area contributed by atoms with E-state index in [9.17, 15) is 9.90 Å². The lowest BCUT2D eigenvalue weighted by molar-refractivity contribution is -0.145. The fourth-order valence-electron chi connectivity index (χ4n) is 1.13. The van der Waals surface area contributed by atoms with Crippen molar-refractivity contribution in [2.45, 2.75) is 46.1 Å². The third-order valence-electron chi connectivity index (χ3n) is 2.08. The molecule has 0 saturated carbocycles. The molecule has 0 aliphatic carbocycles. The Bertz CT molecular complexity index is 145. The van der Waals surface area contributed by atoms with E-state index in [0.717, 1.165) is 6.42 Å². The lowest BCUT2D eigenvalue weighted by Gasteiger charge is -2.13. The monoisotopic (exact) mass is 188 g/mol. The summed E-state index contributed by atoms with van der Waals surface area (Å²) in [5.41, 5.74) is 0. The Morgan fingerprint density at radius 2 is 2.08 bits per heavy atom. The predicted octanol–water partition coefficient (Wildman–Crippen LogP) is 1.74. The molecule has 3 nitrogen and oxygen atoms in total. The van der Waals surface area contributed by atoms with E-state index in [1.807, 2.05) is 0 Å². The second kappa shape index (κ2) is 6.89. The molecule has 78 valence electrons. The zero-order chi connectivity index (χ0) is 10.3. The van der Waals surface area contributed by atoms with Crippen LogP contribution in [0, 0.1) is 5.92 Å². The van der Waals surface area contributed by atoms with Gasteiger partial charge in [-0.05, 0) is 19.3 Å². The van der Waals surface area contributed by atoms with Crippen molar-refractivity contribution in [1.29, 1.82) is 0 Å². The van der Waals surface area contributed by atoms with E-state index < -0.39 is 6.10 Å². The van der Waals surface area contributed by atoms with Crippen LogP contribution in [0.15, 0.2) is 0 Å². The number of hydrogen-bond acceptors (Lipinski definition) is 3. The van der Waals surface area contributed by atoms with E-state index in [2.05, 4.69) is 13.8 Å². The van der Waals surface area contributed by atoms with Gasteiger partial charge >= 0.3 is 5.97 Å². The van der Waals surface area contributed by atoms with Gasteiger partial charge in [-0.3, -0.25) is 4.79 Å². The van der Waals surface area contributed by atoms with Gasteiger partial charge in [-0.25, -0.2) is 0 Å². The summed E-state index contributed by atoms with van der Waals surface area (Å²) in [5, 5.41) is 9.45. The molecule has 2 atom stereocenters. The Hall–Kier alpha value is -0.570. The topological polar surface area (TPSA) is 46.5 Å². The highest BCUT2D eigenvalue weighted by molar-refractivity contribution is 5.69. The number of ether oxygens (including phenoxy) is 1. The summed E-state index contributed by atoms with van der Waals surface area (Å²) >= 11 is 0. The van der Waals surface area contributed by atoms with Gasteiger partial charge < -0.3 is 9.84 Å². The van der Waals surface area contributed by atoms with E-state index in [1.165, 1.54) is 0 Å². The highest BCUT2D eigenvalue weighted by atomic mass is 16.5. The fraction of sp³-hybridized carbons (Fsp3) is 0.900. The first-order valence-corrected chi connectivity index (χ1v) is 4.93. The maximum Gasteiger partial charge on any atom is 0.308 e. The minimum absolute atomic E-state index is 0.123. The van der Waals surface area contributed by atoms with Crippen LogP contribution in [0.3, 0.4) is 0 Å². The zero-order valence-electron chi connectivity index (χ0n) is 8.75. The molecule has 0 rings (SSSR count). The van der Waals surface area contributed by atoms with Gasteiger partial charge in [0.1, 0.15) is 0 Å². The average Bonchev–Trinajstić information content (AvgIpc) is 2.04. The van der Waals surface area contributed by atoms with Crippen LogP contribution in [-0.2, 0) is 9.53 Å². The van der Waals surface area contributed by atoms with Gasteiger partial charge in [0, 0.05) is 0 Å². The van der Waals surface area contributed by atoms with E-state index >= 15 is 0 Å². The van der Waals surface area contributed by atoms with Crippen molar-refractivity contribution < 1.29 is 14.6 Å². The molecule has 0 radical (unpaired) electrons. The number of rotatable bonds is 6. The molecule has 0 amide bonds. The number of carbonyl (C=O) groups is 1. The van der Waals surface area contributed by atoms with Crippen molar-refractivity contribution in [3.05, 3.63) is 0 Å². The molecule has 0 heterocycles. The summed E-state index contributed by atoms with van der Waals surface area (Å²) in [6.45, 7) is 6.28. The van der Waals surface area contributed by atoms with E-state index in [0.29, 0.717) is 18.9 Å². The van der Waals surface area contributed by atoms with Gasteiger partial charge in [0.15, 0.2) is 0 Å². The van der Waals surface area contributed by atoms with Gasteiger partial charge in [0.05, 0.1) is 19.1 Å². The van der Waals surface area contributed by atoms with Gasteiger partial charge in [0.2, 0.25) is 0 Å². The summed E-state index contributed by atoms with van der Waals surface area (Å²) in [4.78, 5) is 10.9. The molecule has 0 aliphatic heterocycles. The minimum atomic E-state index is -0.547. The molecule has 0 spiro atoms. The fourth-order valence-corrected chi connectivity index (χ4v) is 1.13. The molecule has 13 heavy (non-hydrogen) atoms. The molecule has 0 bridgehead atoms. The molecular weight excluding hydrogens is 168 g/mol. The number of carbonyl (C=O) groups excluding carboxylic acids is 1. The lowest BCUT2D eigenvalue weighted by Crippen LogP contribution is -2.18. The van der Waals surface area contributed by atoms with Crippen LogP contribution in [0.2, 0.25) is 0 Å². The lowest BCUT2D eigenvalue weighted by atomic mass is 9.99. The summed E-state index contributed by atoms with van der Waals surface area (Å²) in [7, 11) is 0. The highest BCUT2D eigenvalue weighted by Crippen LogP contribution is 2.12. The molecule has 0 fully saturated rings. The van der Waals surface area contributed by atoms with Gasteiger partial charge in [-0.15, -0.1) is 0 Å². The van der Waals surface area contributed by atoms with Gasteiger partial charge in [0.25, 0.3) is 0 Å². The first-order chi connectivity index (χ1) is 6.10. The molecular formula is C10H20O3. The van der Waals surface area contributed by atoms with Crippen LogP contribution in [-0.4, -0.2) is 23.8 Å². The largest absolute Gasteiger partial charge is 0.466 e. The SMILES string of the molecule is CCOC(=O)CC(O)CC(C)CC. The summed E-state index contributed by atoms with van der Waals surface area (Å²) < 4.78 is 4.73. The van der Waals surface area contributed by atoms with Crippen LogP contribution >= 0.6 is 0 Å². The number of hydrogen-bond donors (Lipinski definition) is 1. The normalized spacial score (nSPS) is 15.1. The predicted molar refractivity (Wildman–Crippen MR) is 51.3 cm³/mol. The Morgan fingerprint density at radius 3 is 2.54 bits per heavy atom. The first-order valence-electron chi connectivity index (χ1n) is 4.93. The Kier molecular flexibility index (Phi) is 6.59. The molecule has 0 saturated heterocycles. The van der Waals surface area contributed by atoms with Crippen LogP contribution in [0.25, 0.3) is 0 Å². The van der Waals surface area contributed by atoms with Crippen molar-refractivity contribution >= 4 is 5.97 Å². The van der Waals surface area contributed by atoms with Crippen LogP contribution < -0.4 is 0 Å². The number of aliphatic hydroxyl groups is 1. The van der Waals surface area contributed by atoms with E-state index in [4.69, 9.17) is 4.74 Å². The maximum atomic E-state index is 10.9. The molecule has 2 unspecified atom stereocenters. The molecule has 0 aromatic heterocycles. The van der Waals surface area contributed by atoms with Crippen LogP contribution in [0.1, 0.15) is 40.0 Å². The third-order valence-corrected chi connectivity index (χ3v) is 2.08. The quantitative estimate of drug-likeness (QED) is 0.646. The maximum absolute atomic E-state index is 10.9. The van der Waals surface area contributed by atoms with E-state index in [-0.39, 0.29) is 12.4 Å². The van der Waals surface area contributed by atoms with E-state index in [1.54, 1.807) is 6.92 Å². The summed E-state index contributed by atoms with van der Waals surface area (Å²) in [6, 6.07) is 0. The first kappa shape index (κ1) is 12.4. The molecule has 0 aromatic rings.